The van der Waals surface area contributed by atoms with Gasteiger partial charge in [0.05, 0.1) is 5.69 Å². The smallest absolute Gasteiger partial charge is 0.243 e. The van der Waals surface area contributed by atoms with E-state index in [0.29, 0.717) is 12.3 Å². The Hall–Kier alpha value is -0.850. The molecule has 0 amide bonds. The highest BCUT2D eigenvalue weighted by Gasteiger charge is 2.21. The summed E-state index contributed by atoms with van der Waals surface area (Å²) in [5.41, 5.74) is 5.08. The van der Waals surface area contributed by atoms with Gasteiger partial charge in [-0.2, -0.15) is 0 Å². The molecule has 108 valence electrons. The zero-order valence-corrected chi connectivity index (χ0v) is 12.5. The summed E-state index contributed by atoms with van der Waals surface area (Å²) in [6, 6.07) is 2.23. The van der Waals surface area contributed by atoms with Crippen LogP contribution in [0.4, 0.5) is 10.1 Å². The number of nitrogens with two attached hydrogens (primary N) is 1. The average molecular weight is 309 g/mol. The maximum Gasteiger partial charge on any atom is 0.243 e. The van der Waals surface area contributed by atoms with Gasteiger partial charge in [-0.15, -0.1) is 0 Å². The lowest BCUT2D eigenvalue weighted by molar-refractivity contribution is 0.534. The molecule has 7 heteroatoms. The van der Waals surface area contributed by atoms with Crippen molar-refractivity contribution in [1.29, 1.82) is 0 Å². The number of sulfonamides is 1. The fourth-order valence-electron chi connectivity index (χ4n) is 1.57. The van der Waals surface area contributed by atoms with E-state index < -0.39 is 20.7 Å². The molecule has 0 aromatic heterocycles. The van der Waals surface area contributed by atoms with E-state index in [1.165, 1.54) is 6.07 Å². The summed E-state index contributed by atoms with van der Waals surface area (Å²) >= 11 is 5.69. The highest BCUT2D eigenvalue weighted by Crippen LogP contribution is 2.25. The topological polar surface area (TPSA) is 72.2 Å². The molecule has 4 nitrogen and oxygen atoms in total. The predicted molar refractivity (Wildman–Crippen MR) is 75.1 cm³/mol. The molecule has 0 aliphatic rings. The minimum absolute atomic E-state index is 0.0847. The molecule has 0 fully saturated rings. The Bertz CT molecular complexity index is 547. The van der Waals surface area contributed by atoms with Crippen LogP contribution in [0.2, 0.25) is 5.02 Å². The fraction of sp³-hybridized carbons (Fsp3) is 0.500. The average Bonchev–Trinajstić information content (AvgIpc) is 2.29. The summed E-state index contributed by atoms with van der Waals surface area (Å²) < 4.78 is 39.9. The van der Waals surface area contributed by atoms with Gasteiger partial charge in [0.2, 0.25) is 10.0 Å². The van der Waals surface area contributed by atoms with Crippen molar-refractivity contribution in [3.63, 3.8) is 0 Å². The molecule has 1 rings (SSSR count). The summed E-state index contributed by atoms with van der Waals surface area (Å²) in [6.07, 6.45) is 1.58. The quantitative estimate of drug-likeness (QED) is 0.627. The van der Waals surface area contributed by atoms with Crippen LogP contribution in [0.5, 0.6) is 0 Å². The molecule has 1 aromatic rings. The molecule has 0 saturated heterocycles. The van der Waals surface area contributed by atoms with Crippen LogP contribution < -0.4 is 10.5 Å². The first-order chi connectivity index (χ1) is 8.74. The number of rotatable bonds is 6. The molecule has 19 heavy (non-hydrogen) atoms. The molecule has 0 aliphatic heterocycles. The van der Waals surface area contributed by atoms with Gasteiger partial charge in [-0.1, -0.05) is 25.4 Å². The molecule has 3 N–H and O–H groups in total. The lowest BCUT2D eigenvalue weighted by atomic mass is 10.1. The molecule has 0 spiro atoms. The van der Waals surface area contributed by atoms with Gasteiger partial charge in [0.15, 0.2) is 5.82 Å². The second-order valence-electron chi connectivity index (χ2n) is 4.74. The van der Waals surface area contributed by atoms with E-state index in [4.69, 9.17) is 17.3 Å². The van der Waals surface area contributed by atoms with Crippen molar-refractivity contribution in [2.24, 2.45) is 5.92 Å². The Kier molecular flexibility index (Phi) is 5.58. The molecule has 0 atom stereocenters. The first-order valence-electron chi connectivity index (χ1n) is 5.98. The molecule has 0 aliphatic carbocycles. The van der Waals surface area contributed by atoms with Crippen LogP contribution in [0.3, 0.4) is 0 Å². The Morgan fingerprint density at radius 3 is 2.63 bits per heavy atom. The minimum atomic E-state index is -3.92. The van der Waals surface area contributed by atoms with Crippen molar-refractivity contribution in [3.8, 4) is 0 Å². The number of hydrogen-bond acceptors (Lipinski definition) is 3. The van der Waals surface area contributed by atoms with E-state index in [1.54, 1.807) is 0 Å². The number of hydrogen-bond donors (Lipinski definition) is 2. The summed E-state index contributed by atoms with van der Waals surface area (Å²) in [6.45, 7) is 4.35. The molecule has 0 radical (unpaired) electrons. The maximum absolute atomic E-state index is 13.7. The van der Waals surface area contributed by atoms with Gasteiger partial charge in [0, 0.05) is 11.6 Å². The summed E-state index contributed by atoms with van der Waals surface area (Å²) in [5, 5.41) is 0.0847. The molecular weight excluding hydrogens is 291 g/mol. The van der Waals surface area contributed by atoms with Crippen molar-refractivity contribution in [1.82, 2.24) is 4.72 Å². The lowest BCUT2D eigenvalue weighted by Crippen LogP contribution is -2.26. The monoisotopic (exact) mass is 308 g/mol. The molecular formula is C12H18ClFN2O2S. The van der Waals surface area contributed by atoms with Gasteiger partial charge in [-0.25, -0.2) is 17.5 Å². The van der Waals surface area contributed by atoms with E-state index in [2.05, 4.69) is 4.72 Å². The van der Waals surface area contributed by atoms with Gasteiger partial charge in [0.1, 0.15) is 4.90 Å². The Balaban J connectivity index is 2.83. The van der Waals surface area contributed by atoms with Crippen LogP contribution in [-0.4, -0.2) is 15.0 Å². The number of halogens is 2. The molecule has 0 heterocycles. The Labute approximate surface area is 118 Å². The van der Waals surface area contributed by atoms with Crippen LogP contribution in [-0.2, 0) is 10.0 Å². The molecule has 0 unspecified atom stereocenters. The largest absolute Gasteiger partial charge is 0.396 e. The van der Waals surface area contributed by atoms with Crippen molar-refractivity contribution in [3.05, 3.63) is 23.0 Å². The number of nitrogens with one attached hydrogen (secondary N) is 1. The SMILES string of the molecule is CC(C)CCCNS(=O)(=O)c1cc(Cl)cc(N)c1F. The van der Waals surface area contributed by atoms with Crippen LogP contribution in [0, 0.1) is 11.7 Å². The van der Waals surface area contributed by atoms with Crippen LogP contribution >= 0.6 is 11.6 Å². The second kappa shape index (κ2) is 6.54. The summed E-state index contributed by atoms with van der Waals surface area (Å²) in [7, 11) is -3.92. The van der Waals surface area contributed by atoms with Gasteiger partial charge in [-0.3, -0.25) is 0 Å². The third-order valence-corrected chi connectivity index (χ3v) is 4.25. The lowest BCUT2D eigenvalue weighted by Gasteiger charge is -2.10. The standard InChI is InChI=1S/C12H18ClFN2O2S/c1-8(2)4-3-5-16-19(17,18)11-7-9(13)6-10(15)12(11)14/h6-8,16H,3-5,15H2,1-2H3. The highest BCUT2D eigenvalue weighted by atomic mass is 35.5. The zero-order chi connectivity index (χ0) is 14.6. The van der Waals surface area contributed by atoms with Crippen LogP contribution in [0.1, 0.15) is 26.7 Å². The van der Waals surface area contributed by atoms with E-state index >= 15 is 0 Å². The van der Waals surface area contributed by atoms with Crippen molar-refractivity contribution >= 4 is 27.3 Å². The Morgan fingerprint density at radius 2 is 2.05 bits per heavy atom. The van der Waals surface area contributed by atoms with Gasteiger partial charge >= 0.3 is 0 Å². The zero-order valence-electron chi connectivity index (χ0n) is 10.9. The first-order valence-corrected chi connectivity index (χ1v) is 7.84. The first kappa shape index (κ1) is 16.2. The molecule has 1 aromatic carbocycles. The van der Waals surface area contributed by atoms with Gasteiger partial charge in [0.25, 0.3) is 0 Å². The molecule has 0 bridgehead atoms. The van der Waals surface area contributed by atoms with E-state index in [1.807, 2.05) is 13.8 Å². The number of nitrogen functional groups attached to an aromatic ring is 1. The van der Waals surface area contributed by atoms with Crippen molar-refractivity contribution in [2.75, 3.05) is 12.3 Å². The number of anilines is 1. The third-order valence-electron chi connectivity index (χ3n) is 2.57. The van der Waals surface area contributed by atoms with Crippen molar-refractivity contribution < 1.29 is 12.8 Å². The van der Waals surface area contributed by atoms with Crippen molar-refractivity contribution in [2.45, 2.75) is 31.6 Å². The van der Waals surface area contributed by atoms with Gasteiger partial charge < -0.3 is 5.73 Å². The van der Waals surface area contributed by atoms with Crippen LogP contribution in [0.15, 0.2) is 17.0 Å². The highest BCUT2D eigenvalue weighted by molar-refractivity contribution is 7.89. The fourth-order valence-corrected chi connectivity index (χ4v) is 3.07. The van der Waals surface area contributed by atoms with E-state index in [0.717, 1.165) is 12.5 Å². The van der Waals surface area contributed by atoms with E-state index in [-0.39, 0.29) is 17.3 Å². The maximum atomic E-state index is 13.7. The predicted octanol–water partition coefficient (Wildman–Crippen LogP) is 2.78. The third kappa shape index (κ3) is 4.63. The molecule has 0 saturated carbocycles. The van der Waals surface area contributed by atoms with E-state index in [9.17, 15) is 12.8 Å². The summed E-state index contributed by atoms with van der Waals surface area (Å²) in [4.78, 5) is -0.512. The van der Waals surface area contributed by atoms with Gasteiger partial charge in [-0.05, 0) is 30.9 Å². The number of benzene rings is 1. The second-order valence-corrected chi connectivity index (χ2v) is 6.91. The normalized spacial score (nSPS) is 12.1. The minimum Gasteiger partial charge on any atom is -0.396 e. The Morgan fingerprint density at radius 1 is 1.42 bits per heavy atom. The van der Waals surface area contributed by atoms with Crippen LogP contribution in [0.25, 0.3) is 0 Å². The summed E-state index contributed by atoms with van der Waals surface area (Å²) in [5.74, 6) is -0.483.